The van der Waals surface area contributed by atoms with E-state index >= 15 is 0 Å². The van der Waals surface area contributed by atoms with Crippen LogP contribution in [0.5, 0.6) is 0 Å². The largest absolute Gasteiger partial charge is 0.392 e. The van der Waals surface area contributed by atoms with Crippen molar-refractivity contribution in [2.45, 2.75) is 44.4 Å². The van der Waals surface area contributed by atoms with Crippen LogP contribution in [-0.4, -0.2) is 11.2 Å². The molecule has 116 valence electrons. The van der Waals surface area contributed by atoms with Gasteiger partial charge in [-0.2, -0.15) is 0 Å². The molecule has 0 amide bonds. The van der Waals surface area contributed by atoms with Crippen LogP contribution in [0, 0.1) is 5.92 Å². The van der Waals surface area contributed by atoms with E-state index in [0.29, 0.717) is 18.0 Å². The van der Waals surface area contributed by atoms with E-state index in [9.17, 15) is 5.11 Å². The van der Waals surface area contributed by atoms with Crippen molar-refractivity contribution in [1.29, 1.82) is 0 Å². The van der Waals surface area contributed by atoms with E-state index in [1.165, 1.54) is 11.1 Å². The van der Waals surface area contributed by atoms with Crippen molar-refractivity contribution >= 4 is 0 Å². The van der Waals surface area contributed by atoms with Crippen LogP contribution in [0.15, 0.2) is 60.7 Å². The van der Waals surface area contributed by atoms with Crippen molar-refractivity contribution in [3.05, 3.63) is 71.8 Å². The SMILES string of the molecule is CCCC1C(O)CC(c2ccccc2)[NH2+]C1c1ccccc1. The Kier molecular flexibility index (Phi) is 4.91. The van der Waals surface area contributed by atoms with Crippen LogP contribution in [-0.2, 0) is 0 Å². The summed E-state index contributed by atoms with van der Waals surface area (Å²) in [6, 6.07) is 21.9. The predicted octanol–water partition coefficient (Wildman–Crippen LogP) is 3.21. The first-order chi connectivity index (χ1) is 10.8. The molecule has 2 aromatic rings. The number of quaternary nitrogens is 1. The fourth-order valence-corrected chi connectivity index (χ4v) is 3.83. The van der Waals surface area contributed by atoms with Gasteiger partial charge in [-0.05, 0) is 6.42 Å². The van der Waals surface area contributed by atoms with Crippen molar-refractivity contribution in [3.8, 4) is 0 Å². The molecule has 0 spiro atoms. The predicted molar refractivity (Wildman–Crippen MR) is 89.3 cm³/mol. The molecule has 0 bridgehead atoms. The quantitative estimate of drug-likeness (QED) is 0.893. The summed E-state index contributed by atoms with van der Waals surface area (Å²) in [7, 11) is 0. The van der Waals surface area contributed by atoms with Gasteiger partial charge in [-0.15, -0.1) is 0 Å². The highest BCUT2D eigenvalue weighted by Gasteiger charge is 2.40. The Labute approximate surface area is 133 Å². The van der Waals surface area contributed by atoms with E-state index in [1.807, 2.05) is 0 Å². The fourth-order valence-electron chi connectivity index (χ4n) is 3.83. The van der Waals surface area contributed by atoms with Gasteiger partial charge in [0.1, 0.15) is 12.1 Å². The standard InChI is InChI=1S/C20H25NO/c1-2-9-17-19(22)14-18(15-10-5-3-6-11-15)21-20(17)16-12-7-4-8-13-16/h3-8,10-13,17-22H,2,9,14H2,1H3/p+1. The topological polar surface area (TPSA) is 36.8 Å². The third-order valence-corrected chi connectivity index (χ3v) is 4.92. The molecule has 1 fully saturated rings. The Balaban J connectivity index is 1.88. The van der Waals surface area contributed by atoms with Crippen molar-refractivity contribution < 1.29 is 10.4 Å². The molecule has 0 radical (unpaired) electrons. The van der Waals surface area contributed by atoms with Gasteiger partial charge >= 0.3 is 0 Å². The van der Waals surface area contributed by atoms with Crippen molar-refractivity contribution in [1.82, 2.24) is 0 Å². The summed E-state index contributed by atoms with van der Waals surface area (Å²) in [5.74, 6) is 0.340. The minimum atomic E-state index is -0.222. The van der Waals surface area contributed by atoms with Gasteiger partial charge in [0.2, 0.25) is 0 Å². The molecular weight excluding hydrogens is 270 g/mol. The first kappa shape index (κ1) is 15.3. The van der Waals surface area contributed by atoms with E-state index < -0.39 is 0 Å². The third kappa shape index (κ3) is 3.23. The Bertz CT molecular complexity index is 569. The molecule has 2 nitrogen and oxygen atoms in total. The summed E-state index contributed by atoms with van der Waals surface area (Å²) in [4.78, 5) is 0. The fraction of sp³-hybridized carbons (Fsp3) is 0.400. The molecule has 4 atom stereocenters. The lowest BCUT2D eigenvalue weighted by Gasteiger charge is -2.38. The minimum Gasteiger partial charge on any atom is -0.392 e. The van der Waals surface area contributed by atoms with Gasteiger partial charge < -0.3 is 10.4 Å². The lowest BCUT2D eigenvalue weighted by molar-refractivity contribution is -0.753. The number of hydrogen-bond acceptors (Lipinski definition) is 1. The number of hydrogen-bond donors (Lipinski definition) is 2. The zero-order valence-corrected chi connectivity index (χ0v) is 13.2. The van der Waals surface area contributed by atoms with Crippen molar-refractivity contribution in [2.24, 2.45) is 5.92 Å². The molecule has 1 aliphatic rings. The highest BCUT2D eigenvalue weighted by atomic mass is 16.3. The normalized spacial score (nSPS) is 28.5. The molecular formula is C20H26NO+. The second-order valence-corrected chi connectivity index (χ2v) is 6.40. The summed E-state index contributed by atoms with van der Waals surface area (Å²) in [5, 5.41) is 13.2. The summed E-state index contributed by atoms with van der Waals surface area (Å²) in [5.41, 5.74) is 2.65. The molecule has 1 aliphatic heterocycles. The van der Waals surface area contributed by atoms with Crippen LogP contribution < -0.4 is 5.32 Å². The van der Waals surface area contributed by atoms with Crippen molar-refractivity contribution in [3.63, 3.8) is 0 Å². The smallest absolute Gasteiger partial charge is 0.117 e. The number of benzene rings is 2. The molecule has 0 aliphatic carbocycles. The average Bonchev–Trinajstić information content (AvgIpc) is 2.58. The molecule has 4 unspecified atom stereocenters. The highest BCUT2D eigenvalue weighted by Crippen LogP contribution is 2.34. The molecule has 3 rings (SSSR count). The summed E-state index contributed by atoms with van der Waals surface area (Å²) in [6.45, 7) is 2.21. The molecule has 0 aromatic heterocycles. The Morgan fingerprint density at radius 1 is 0.955 bits per heavy atom. The number of nitrogens with two attached hydrogens (primary N) is 1. The van der Waals surface area contributed by atoms with Crippen LogP contribution in [0.3, 0.4) is 0 Å². The van der Waals surface area contributed by atoms with E-state index in [2.05, 4.69) is 72.9 Å². The average molecular weight is 296 g/mol. The van der Waals surface area contributed by atoms with Gasteiger partial charge in [0.15, 0.2) is 0 Å². The van der Waals surface area contributed by atoms with Gasteiger partial charge in [-0.3, -0.25) is 0 Å². The van der Waals surface area contributed by atoms with E-state index in [-0.39, 0.29) is 6.10 Å². The zero-order valence-electron chi connectivity index (χ0n) is 13.2. The number of rotatable bonds is 4. The highest BCUT2D eigenvalue weighted by molar-refractivity contribution is 5.21. The maximum absolute atomic E-state index is 10.7. The van der Waals surface area contributed by atoms with E-state index in [4.69, 9.17) is 0 Å². The monoisotopic (exact) mass is 296 g/mol. The maximum atomic E-state index is 10.7. The van der Waals surface area contributed by atoms with Crippen LogP contribution in [0.4, 0.5) is 0 Å². The second kappa shape index (κ2) is 7.08. The van der Waals surface area contributed by atoms with Crippen LogP contribution in [0.25, 0.3) is 0 Å². The molecule has 0 saturated carbocycles. The van der Waals surface area contributed by atoms with Crippen LogP contribution in [0.2, 0.25) is 0 Å². The molecule has 2 aromatic carbocycles. The summed E-state index contributed by atoms with van der Waals surface area (Å²) < 4.78 is 0. The first-order valence-corrected chi connectivity index (χ1v) is 8.42. The Morgan fingerprint density at radius 3 is 2.14 bits per heavy atom. The molecule has 1 saturated heterocycles. The maximum Gasteiger partial charge on any atom is 0.117 e. The second-order valence-electron chi connectivity index (χ2n) is 6.40. The lowest BCUT2D eigenvalue weighted by atomic mass is 9.78. The summed E-state index contributed by atoms with van der Waals surface area (Å²) in [6.07, 6.45) is 2.83. The van der Waals surface area contributed by atoms with Gasteiger partial charge in [-0.25, -0.2) is 0 Å². The third-order valence-electron chi connectivity index (χ3n) is 4.92. The number of piperidine rings is 1. The number of aliphatic hydroxyl groups is 1. The van der Waals surface area contributed by atoms with Crippen LogP contribution in [0.1, 0.15) is 49.4 Å². The van der Waals surface area contributed by atoms with E-state index in [0.717, 1.165) is 19.3 Å². The molecule has 1 heterocycles. The van der Waals surface area contributed by atoms with Crippen LogP contribution >= 0.6 is 0 Å². The van der Waals surface area contributed by atoms with Crippen molar-refractivity contribution in [2.75, 3.05) is 0 Å². The Morgan fingerprint density at radius 2 is 1.55 bits per heavy atom. The Hall–Kier alpha value is -1.64. The minimum absolute atomic E-state index is 0.222. The summed E-state index contributed by atoms with van der Waals surface area (Å²) >= 11 is 0. The van der Waals surface area contributed by atoms with Gasteiger partial charge in [0, 0.05) is 23.5 Å². The van der Waals surface area contributed by atoms with Gasteiger partial charge in [0.25, 0.3) is 0 Å². The first-order valence-electron chi connectivity index (χ1n) is 8.42. The zero-order chi connectivity index (χ0) is 15.4. The number of aliphatic hydroxyl groups excluding tert-OH is 1. The lowest BCUT2D eigenvalue weighted by Crippen LogP contribution is -2.90. The molecule has 3 N–H and O–H groups in total. The molecule has 2 heteroatoms. The van der Waals surface area contributed by atoms with Gasteiger partial charge in [-0.1, -0.05) is 74.0 Å². The van der Waals surface area contributed by atoms with Gasteiger partial charge in [0.05, 0.1) is 6.10 Å². The molecule has 22 heavy (non-hydrogen) atoms. The van der Waals surface area contributed by atoms with E-state index in [1.54, 1.807) is 0 Å².